The molecule has 11 heteroatoms. The second kappa shape index (κ2) is 8.25. The maximum atomic E-state index is 12.2. The van der Waals surface area contributed by atoms with Gasteiger partial charge in [0.2, 0.25) is 5.91 Å². The number of hydrogen-bond acceptors (Lipinski definition) is 7. The third-order valence-corrected chi connectivity index (χ3v) is 5.52. The van der Waals surface area contributed by atoms with Gasteiger partial charge >= 0.3 is 5.97 Å². The van der Waals surface area contributed by atoms with Crippen molar-refractivity contribution < 1.29 is 28.2 Å². The van der Waals surface area contributed by atoms with E-state index in [0.29, 0.717) is 0 Å². The number of aromatic nitrogens is 1. The van der Waals surface area contributed by atoms with Crippen LogP contribution in [-0.4, -0.2) is 47.6 Å². The summed E-state index contributed by atoms with van der Waals surface area (Å²) in [7, 11) is -3.78. The number of rotatable bonds is 8. The van der Waals surface area contributed by atoms with Crippen LogP contribution in [0, 0.1) is 0 Å². The average Bonchev–Trinajstić information content (AvgIpc) is 2.99. The van der Waals surface area contributed by atoms with Gasteiger partial charge in [-0.1, -0.05) is 18.2 Å². The van der Waals surface area contributed by atoms with Crippen molar-refractivity contribution in [3.8, 4) is 0 Å². The number of nitrogens with zero attached hydrogens (tertiary/aromatic N) is 1. The molecule has 0 spiro atoms. The van der Waals surface area contributed by atoms with Crippen molar-refractivity contribution in [2.24, 2.45) is 0 Å². The van der Waals surface area contributed by atoms with Gasteiger partial charge in [0.25, 0.3) is 10.0 Å². The van der Waals surface area contributed by atoms with Gasteiger partial charge < -0.3 is 15.5 Å². The summed E-state index contributed by atoms with van der Waals surface area (Å²) in [6.07, 6.45) is -1.51. The first kappa shape index (κ1) is 19.8. The molecule has 2 atom stereocenters. The van der Waals surface area contributed by atoms with Gasteiger partial charge in [0, 0.05) is 5.38 Å². The lowest BCUT2D eigenvalue weighted by atomic mass is 10.2. The maximum Gasteiger partial charge on any atom is 0.328 e. The van der Waals surface area contributed by atoms with E-state index in [1.54, 1.807) is 18.2 Å². The van der Waals surface area contributed by atoms with E-state index in [0.717, 1.165) is 11.3 Å². The minimum Gasteiger partial charge on any atom is -0.480 e. The van der Waals surface area contributed by atoms with Crippen molar-refractivity contribution in [3.05, 3.63) is 41.4 Å². The molecule has 1 aromatic carbocycles. The lowest BCUT2D eigenvalue weighted by Crippen LogP contribution is -2.48. The molecule has 0 aliphatic heterocycles. The predicted octanol–water partition coefficient (Wildman–Crippen LogP) is 0.437. The third kappa shape index (κ3) is 5.25. The summed E-state index contributed by atoms with van der Waals surface area (Å²) in [6, 6.07) is 6.31. The lowest BCUT2D eigenvalue weighted by Gasteiger charge is -2.16. The fraction of sp³-hybridized carbons (Fsp3) is 0.267. The van der Waals surface area contributed by atoms with E-state index < -0.39 is 34.0 Å². The maximum absolute atomic E-state index is 12.2. The Kier molecular flexibility index (Phi) is 6.29. The Balaban J connectivity index is 2.02. The number of aliphatic hydroxyl groups is 1. The van der Waals surface area contributed by atoms with Gasteiger partial charge in [0.1, 0.15) is 0 Å². The Bertz CT molecular complexity index is 880. The molecule has 2 unspecified atom stereocenters. The molecule has 26 heavy (non-hydrogen) atoms. The smallest absolute Gasteiger partial charge is 0.328 e. The van der Waals surface area contributed by atoms with Crippen molar-refractivity contribution >= 4 is 38.4 Å². The molecule has 4 N–H and O–H groups in total. The summed E-state index contributed by atoms with van der Waals surface area (Å²) >= 11 is 0.997. The molecule has 2 rings (SSSR count). The summed E-state index contributed by atoms with van der Waals surface area (Å²) in [5.41, 5.74) is 0.271. The highest BCUT2D eigenvalue weighted by Gasteiger charge is 2.25. The van der Waals surface area contributed by atoms with Crippen molar-refractivity contribution in [1.29, 1.82) is 0 Å². The van der Waals surface area contributed by atoms with Gasteiger partial charge in [-0.15, -0.1) is 11.3 Å². The molecule has 2 aromatic rings. The molecule has 0 saturated carbocycles. The van der Waals surface area contributed by atoms with E-state index in [-0.39, 0.29) is 22.1 Å². The van der Waals surface area contributed by atoms with E-state index in [9.17, 15) is 23.1 Å². The molecule has 0 saturated heterocycles. The number of carboxylic acid groups (broad SMARTS) is 1. The van der Waals surface area contributed by atoms with Gasteiger partial charge in [-0.2, -0.15) is 0 Å². The van der Waals surface area contributed by atoms with Crippen LogP contribution in [0.15, 0.2) is 40.6 Å². The standard InChI is InChI=1S/C15H17N3O6S2/c1-9(19)13(14(21)22)17-12(20)7-10-8-25-15(16-10)18-26(23,24)11-5-3-2-4-6-11/h2-6,8-9,13,19H,7H2,1H3,(H,16,18)(H,17,20)(H,21,22). The molecule has 0 radical (unpaired) electrons. The Hall–Kier alpha value is -2.50. The number of hydrogen-bond donors (Lipinski definition) is 4. The second-order valence-corrected chi connectivity index (χ2v) is 7.90. The van der Waals surface area contributed by atoms with Crippen LogP contribution in [0.5, 0.6) is 0 Å². The van der Waals surface area contributed by atoms with Crippen LogP contribution in [0.1, 0.15) is 12.6 Å². The Labute approximate surface area is 153 Å². The Morgan fingerprint density at radius 1 is 1.27 bits per heavy atom. The molecule has 0 aliphatic carbocycles. The topological polar surface area (TPSA) is 146 Å². The van der Waals surface area contributed by atoms with Crippen LogP contribution in [0.4, 0.5) is 5.13 Å². The van der Waals surface area contributed by atoms with Crippen LogP contribution < -0.4 is 10.0 Å². The van der Waals surface area contributed by atoms with Crippen LogP contribution in [-0.2, 0) is 26.0 Å². The highest BCUT2D eigenvalue weighted by Crippen LogP contribution is 2.20. The quantitative estimate of drug-likeness (QED) is 0.504. The third-order valence-electron chi connectivity index (χ3n) is 3.23. The molecule has 0 fully saturated rings. The normalized spacial score (nSPS) is 13.6. The minimum absolute atomic E-state index is 0.0794. The fourth-order valence-electron chi connectivity index (χ4n) is 1.99. The van der Waals surface area contributed by atoms with Crippen LogP contribution in [0.3, 0.4) is 0 Å². The molecular formula is C15H17N3O6S2. The number of amides is 1. The van der Waals surface area contributed by atoms with E-state index in [4.69, 9.17) is 5.11 Å². The minimum atomic E-state index is -3.78. The van der Waals surface area contributed by atoms with Gasteiger partial charge in [0.05, 0.1) is 23.1 Å². The number of aliphatic hydroxyl groups excluding tert-OH is 1. The highest BCUT2D eigenvalue weighted by atomic mass is 32.2. The lowest BCUT2D eigenvalue weighted by molar-refractivity contribution is -0.144. The molecule has 140 valence electrons. The summed E-state index contributed by atoms with van der Waals surface area (Å²) < 4.78 is 26.7. The van der Waals surface area contributed by atoms with E-state index in [2.05, 4.69) is 15.0 Å². The van der Waals surface area contributed by atoms with Gasteiger partial charge in [-0.25, -0.2) is 18.2 Å². The number of sulfonamides is 1. The molecule has 0 aliphatic rings. The number of aliphatic carboxylic acids is 1. The van der Waals surface area contributed by atoms with Gasteiger partial charge in [0.15, 0.2) is 11.2 Å². The summed E-state index contributed by atoms with van der Waals surface area (Å²) in [4.78, 5) is 26.9. The molecule has 1 aromatic heterocycles. The molecule has 0 bridgehead atoms. The van der Waals surface area contributed by atoms with Crippen LogP contribution in [0.25, 0.3) is 0 Å². The molecular weight excluding hydrogens is 382 g/mol. The molecule has 1 heterocycles. The van der Waals surface area contributed by atoms with Crippen molar-refractivity contribution in [3.63, 3.8) is 0 Å². The van der Waals surface area contributed by atoms with Gasteiger partial charge in [-0.3, -0.25) is 9.52 Å². The van der Waals surface area contributed by atoms with Crippen LogP contribution in [0.2, 0.25) is 0 Å². The predicted molar refractivity (Wildman–Crippen MR) is 94.3 cm³/mol. The van der Waals surface area contributed by atoms with Crippen molar-refractivity contribution in [2.75, 3.05) is 4.72 Å². The number of benzene rings is 1. The van der Waals surface area contributed by atoms with E-state index >= 15 is 0 Å². The van der Waals surface area contributed by atoms with E-state index in [1.807, 2.05) is 0 Å². The fourth-order valence-corrected chi connectivity index (χ4v) is 3.97. The zero-order chi connectivity index (χ0) is 19.3. The summed E-state index contributed by atoms with van der Waals surface area (Å²) in [6.45, 7) is 1.25. The number of thiazole rings is 1. The zero-order valence-electron chi connectivity index (χ0n) is 13.6. The largest absolute Gasteiger partial charge is 0.480 e. The van der Waals surface area contributed by atoms with Gasteiger partial charge in [-0.05, 0) is 19.1 Å². The first-order valence-electron chi connectivity index (χ1n) is 7.41. The Morgan fingerprint density at radius 3 is 2.50 bits per heavy atom. The molecule has 9 nitrogen and oxygen atoms in total. The van der Waals surface area contributed by atoms with Crippen molar-refractivity contribution in [2.45, 2.75) is 30.4 Å². The first-order valence-corrected chi connectivity index (χ1v) is 9.78. The van der Waals surface area contributed by atoms with Crippen LogP contribution >= 0.6 is 11.3 Å². The Morgan fingerprint density at radius 2 is 1.92 bits per heavy atom. The summed E-state index contributed by atoms with van der Waals surface area (Å²) in [5.74, 6) is -2.01. The highest BCUT2D eigenvalue weighted by molar-refractivity contribution is 7.93. The first-order chi connectivity index (χ1) is 12.2. The van der Waals surface area contributed by atoms with Crippen molar-refractivity contribution in [1.82, 2.24) is 10.3 Å². The monoisotopic (exact) mass is 399 g/mol. The summed E-state index contributed by atoms with van der Waals surface area (Å²) in [5, 5.41) is 22.0. The number of nitrogens with one attached hydrogen (secondary N) is 2. The second-order valence-electron chi connectivity index (χ2n) is 5.36. The number of carboxylic acids is 1. The average molecular weight is 399 g/mol. The number of carbonyl (C=O) groups is 2. The zero-order valence-corrected chi connectivity index (χ0v) is 15.3. The number of carbonyl (C=O) groups excluding carboxylic acids is 1. The SMILES string of the molecule is CC(O)C(NC(=O)Cc1csc(NS(=O)(=O)c2ccccc2)n1)C(=O)O. The molecule has 1 amide bonds. The van der Waals surface area contributed by atoms with E-state index in [1.165, 1.54) is 24.4 Å². The number of anilines is 1.